The van der Waals surface area contributed by atoms with Gasteiger partial charge in [-0.2, -0.15) is 0 Å². The SMILES string of the molecule is CC(C)CN1CC(C)CC1=O. The van der Waals surface area contributed by atoms with Crippen molar-refractivity contribution in [1.82, 2.24) is 4.90 Å². The molecule has 1 heterocycles. The van der Waals surface area contributed by atoms with Crippen LogP contribution in [0.3, 0.4) is 0 Å². The summed E-state index contributed by atoms with van der Waals surface area (Å²) >= 11 is 0. The Kier molecular flexibility index (Phi) is 2.53. The molecule has 2 heteroatoms. The van der Waals surface area contributed by atoms with Gasteiger partial charge in [-0.05, 0) is 11.8 Å². The number of hydrogen-bond acceptors (Lipinski definition) is 1. The number of rotatable bonds is 2. The van der Waals surface area contributed by atoms with E-state index in [2.05, 4.69) is 20.8 Å². The van der Waals surface area contributed by atoms with Crippen molar-refractivity contribution in [2.75, 3.05) is 13.1 Å². The maximum atomic E-state index is 11.2. The summed E-state index contributed by atoms with van der Waals surface area (Å²) in [4.78, 5) is 13.2. The summed E-state index contributed by atoms with van der Waals surface area (Å²) in [5, 5.41) is 0. The average molecular weight is 155 g/mol. The Balaban J connectivity index is 2.41. The number of amides is 1. The zero-order valence-corrected chi connectivity index (χ0v) is 7.63. The van der Waals surface area contributed by atoms with Gasteiger partial charge in [-0.3, -0.25) is 4.79 Å². The van der Waals surface area contributed by atoms with Crippen LogP contribution < -0.4 is 0 Å². The molecule has 64 valence electrons. The highest BCUT2D eigenvalue weighted by Gasteiger charge is 2.26. The van der Waals surface area contributed by atoms with Gasteiger partial charge in [-0.1, -0.05) is 20.8 Å². The van der Waals surface area contributed by atoms with E-state index in [0.29, 0.717) is 17.7 Å². The van der Waals surface area contributed by atoms with Crippen molar-refractivity contribution < 1.29 is 4.79 Å². The van der Waals surface area contributed by atoms with Gasteiger partial charge in [0.2, 0.25) is 5.91 Å². The Morgan fingerprint density at radius 3 is 2.64 bits per heavy atom. The van der Waals surface area contributed by atoms with Crippen molar-refractivity contribution in [2.45, 2.75) is 27.2 Å². The number of nitrogens with zero attached hydrogens (tertiary/aromatic N) is 1. The number of hydrogen-bond donors (Lipinski definition) is 0. The molecule has 2 nitrogen and oxygen atoms in total. The fourth-order valence-electron chi connectivity index (χ4n) is 1.59. The molecular weight excluding hydrogens is 138 g/mol. The molecule has 0 bridgehead atoms. The Hall–Kier alpha value is -0.530. The Morgan fingerprint density at radius 2 is 2.27 bits per heavy atom. The molecule has 0 spiro atoms. The van der Waals surface area contributed by atoms with Crippen molar-refractivity contribution in [3.05, 3.63) is 0 Å². The Bertz CT molecular complexity index is 154. The highest BCUT2D eigenvalue weighted by atomic mass is 16.2. The minimum atomic E-state index is 0.339. The van der Waals surface area contributed by atoms with Crippen molar-refractivity contribution >= 4 is 5.91 Å². The first kappa shape index (κ1) is 8.57. The molecule has 1 saturated heterocycles. The number of likely N-dealkylation sites (tertiary alicyclic amines) is 1. The fourth-order valence-corrected chi connectivity index (χ4v) is 1.59. The second-order valence-corrected chi connectivity index (χ2v) is 4.00. The highest BCUT2D eigenvalue weighted by molar-refractivity contribution is 5.78. The monoisotopic (exact) mass is 155 g/mol. The molecule has 0 aromatic carbocycles. The molecule has 0 aliphatic carbocycles. The van der Waals surface area contributed by atoms with Crippen molar-refractivity contribution in [1.29, 1.82) is 0 Å². The lowest BCUT2D eigenvalue weighted by Crippen LogP contribution is -2.28. The normalized spacial score (nSPS) is 25.3. The molecule has 0 aromatic heterocycles. The summed E-state index contributed by atoms with van der Waals surface area (Å²) < 4.78 is 0. The molecule has 1 rings (SSSR count). The first-order valence-corrected chi connectivity index (χ1v) is 4.37. The first-order chi connectivity index (χ1) is 5.09. The number of carbonyl (C=O) groups is 1. The first-order valence-electron chi connectivity index (χ1n) is 4.37. The third-order valence-corrected chi connectivity index (χ3v) is 1.99. The number of carbonyl (C=O) groups excluding carboxylic acids is 1. The fraction of sp³-hybridized carbons (Fsp3) is 0.889. The molecule has 1 amide bonds. The standard InChI is InChI=1S/C9H17NO/c1-7(2)5-10-6-8(3)4-9(10)11/h7-8H,4-6H2,1-3H3. The minimum Gasteiger partial charge on any atom is -0.342 e. The molecule has 11 heavy (non-hydrogen) atoms. The van der Waals surface area contributed by atoms with Gasteiger partial charge < -0.3 is 4.90 Å². The summed E-state index contributed by atoms with van der Waals surface area (Å²) in [6.07, 6.45) is 0.757. The van der Waals surface area contributed by atoms with Crippen LogP contribution in [0.5, 0.6) is 0 Å². The van der Waals surface area contributed by atoms with Crippen LogP contribution in [0.2, 0.25) is 0 Å². The molecule has 0 N–H and O–H groups in total. The average Bonchev–Trinajstić information content (AvgIpc) is 2.09. The predicted molar refractivity (Wildman–Crippen MR) is 45.2 cm³/mol. The van der Waals surface area contributed by atoms with E-state index in [4.69, 9.17) is 0 Å². The van der Waals surface area contributed by atoms with Crippen LogP contribution in [0.15, 0.2) is 0 Å². The van der Waals surface area contributed by atoms with Crippen molar-refractivity contribution in [2.24, 2.45) is 11.8 Å². The van der Waals surface area contributed by atoms with E-state index in [1.165, 1.54) is 0 Å². The van der Waals surface area contributed by atoms with Crippen LogP contribution in [0, 0.1) is 11.8 Å². The van der Waals surface area contributed by atoms with E-state index in [1.807, 2.05) is 4.90 Å². The molecule has 1 aliphatic rings. The maximum Gasteiger partial charge on any atom is 0.222 e. The molecule has 0 aromatic rings. The lowest BCUT2D eigenvalue weighted by molar-refractivity contribution is -0.128. The van der Waals surface area contributed by atoms with Gasteiger partial charge in [0.15, 0.2) is 0 Å². The van der Waals surface area contributed by atoms with E-state index in [0.717, 1.165) is 19.5 Å². The van der Waals surface area contributed by atoms with Gasteiger partial charge in [0.1, 0.15) is 0 Å². The maximum absolute atomic E-state index is 11.2. The molecule has 0 saturated carbocycles. The van der Waals surface area contributed by atoms with E-state index >= 15 is 0 Å². The molecule has 1 atom stereocenters. The van der Waals surface area contributed by atoms with Gasteiger partial charge in [0.25, 0.3) is 0 Å². The van der Waals surface area contributed by atoms with Gasteiger partial charge in [0, 0.05) is 19.5 Å². The second-order valence-electron chi connectivity index (χ2n) is 4.00. The van der Waals surface area contributed by atoms with Crippen LogP contribution in [0.4, 0.5) is 0 Å². The lowest BCUT2D eigenvalue weighted by atomic mass is 10.2. The summed E-state index contributed by atoms with van der Waals surface area (Å²) in [7, 11) is 0. The summed E-state index contributed by atoms with van der Waals surface area (Å²) in [6, 6.07) is 0. The van der Waals surface area contributed by atoms with Crippen molar-refractivity contribution in [3.63, 3.8) is 0 Å². The van der Waals surface area contributed by atoms with Gasteiger partial charge in [-0.15, -0.1) is 0 Å². The van der Waals surface area contributed by atoms with Crippen LogP contribution in [0.1, 0.15) is 27.2 Å². The van der Waals surface area contributed by atoms with E-state index < -0.39 is 0 Å². The van der Waals surface area contributed by atoms with Crippen LogP contribution in [-0.4, -0.2) is 23.9 Å². The molecule has 1 fully saturated rings. The Labute approximate surface area is 68.6 Å². The predicted octanol–water partition coefficient (Wildman–Crippen LogP) is 1.51. The van der Waals surface area contributed by atoms with Crippen LogP contribution >= 0.6 is 0 Å². The summed E-state index contributed by atoms with van der Waals surface area (Å²) in [6.45, 7) is 8.34. The quantitative estimate of drug-likeness (QED) is 0.592. The molecule has 0 radical (unpaired) electrons. The summed E-state index contributed by atoms with van der Waals surface area (Å²) in [5.41, 5.74) is 0. The largest absolute Gasteiger partial charge is 0.342 e. The molecule has 1 aliphatic heterocycles. The third kappa shape index (κ3) is 2.21. The van der Waals surface area contributed by atoms with Crippen LogP contribution in [-0.2, 0) is 4.79 Å². The van der Waals surface area contributed by atoms with E-state index in [1.54, 1.807) is 0 Å². The van der Waals surface area contributed by atoms with Crippen LogP contribution in [0.25, 0.3) is 0 Å². The highest BCUT2D eigenvalue weighted by Crippen LogP contribution is 2.17. The molecular formula is C9H17NO. The smallest absolute Gasteiger partial charge is 0.222 e. The minimum absolute atomic E-state index is 0.339. The topological polar surface area (TPSA) is 20.3 Å². The van der Waals surface area contributed by atoms with Gasteiger partial charge >= 0.3 is 0 Å². The van der Waals surface area contributed by atoms with Gasteiger partial charge in [0.05, 0.1) is 0 Å². The molecule has 1 unspecified atom stereocenters. The lowest BCUT2D eigenvalue weighted by Gasteiger charge is -2.17. The van der Waals surface area contributed by atoms with E-state index in [9.17, 15) is 4.79 Å². The zero-order chi connectivity index (χ0) is 8.43. The summed E-state index contributed by atoms with van der Waals surface area (Å²) in [5.74, 6) is 1.51. The zero-order valence-electron chi connectivity index (χ0n) is 7.63. The second kappa shape index (κ2) is 3.24. The Morgan fingerprint density at radius 1 is 1.64 bits per heavy atom. The van der Waals surface area contributed by atoms with E-state index in [-0.39, 0.29) is 0 Å². The third-order valence-electron chi connectivity index (χ3n) is 1.99. The van der Waals surface area contributed by atoms with Gasteiger partial charge in [-0.25, -0.2) is 0 Å². The van der Waals surface area contributed by atoms with Crippen molar-refractivity contribution in [3.8, 4) is 0 Å².